The molecule has 0 aliphatic rings. The first-order valence-corrected chi connectivity index (χ1v) is 9.21. The predicted molar refractivity (Wildman–Crippen MR) is 93.0 cm³/mol. The number of aromatic nitrogens is 1. The number of hydrogen-bond donors (Lipinski definition) is 2. The Kier molecular flexibility index (Phi) is 6.22. The number of ether oxygens (including phenoxy) is 2. The number of amides is 1. The SMILES string of the molecule is COc1ccc(C(=O)NCCNS(=O)(=O)c2c(C)noc2C)cc1OC. The minimum Gasteiger partial charge on any atom is -0.493 e. The Labute approximate surface area is 151 Å². The summed E-state index contributed by atoms with van der Waals surface area (Å²) in [5.41, 5.74) is 0.653. The standard InChI is InChI=1S/C16H21N3O6S/c1-10-15(11(2)25-19-10)26(21,22)18-8-7-17-16(20)12-5-6-13(23-3)14(9-12)24-4/h5-6,9,18H,7-8H2,1-4H3,(H,17,20). The molecule has 0 aliphatic heterocycles. The molecule has 0 aliphatic carbocycles. The Bertz CT molecular complexity index is 872. The summed E-state index contributed by atoms with van der Waals surface area (Å²) in [7, 11) is -0.777. The summed E-state index contributed by atoms with van der Waals surface area (Å²) < 4.78 is 42.0. The number of sulfonamides is 1. The Balaban J connectivity index is 1.93. The number of benzene rings is 1. The van der Waals surface area contributed by atoms with Gasteiger partial charge in [0, 0.05) is 18.7 Å². The van der Waals surface area contributed by atoms with Crippen LogP contribution in [-0.4, -0.2) is 46.8 Å². The van der Waals surface area contributed by atoms with Gasteiger partial charge >= 0.3 is 0 Å². The maximum absolute atomic E-state index is 12.2. The molecule has 1 aromatic heterocycles. The summed E-state index contributed by atoms with van der Waals surface area (Å²) in [4.78, 5) is 12.2. The van der Waals surface area contributed by atoms with Crippen LogP contribution in [0.3, 0.4) is 0 Å². The van der Waals surface area contributed by atoms with Crippen LogP contribution in [0.25, 0.3) is 0 Å². The molecule has 0 spiro atoms. The van der Waals surface area contributed by atoms with Gasteiger partial charge in [0.2, 0.25) is 10.0 Å². The number of nitrogens with one attached hydrogen (secondary N) is 2. The van der Waals surface area contributed by atoms with E-state index in [1.54, 1.807) is 25.1 Å². The van der Waals surface area contributed by atoms with E-state index >= 15 is 0 Å². The van der Waals surface area contributed by atoms with Crippen molar-refractivity contribution in [1.82, 2.24) is 15.2 Å². The number of nitrogens with zero attached hydrogens (tertiary/aromatic N) is 1. The molecule has 0 saturated heterocycles. The summed E-state index contributed by atoms with van der Waals surface area (Å²) >= 11 is 0. The Hall–Kier alpha value is -2.59. The Morgan fingerprint density at radius 2 is 1.85 bits per heavy atom. The van der Waals surface area contributed by atoms with E-state index in [1.807, 2.05) is 0 Å². The molecule has 0 unspecified atom stereocenters. The van der Waals surface area contributed by atoms with E-state index in [0.717, 1.165) is 0 Å². The van der Waals surface area contributed by atoms with Crippen LogP contribution in [0.2, 0.25) is 0 Å². The summed E-state index contributed by atoms with van der Waals surface area (Å²) in [6, 6.07) is 4.75. The zero-order chi connectivity index (χ0) is 19.3. The van der Waals surface area contributed by atoms with Crippen LogP contribution < -0.4 is 19.5 Å². The molecule has 0 atom stereocenters. The van der Waals surface area contributed by atoms with Crippen molar-refractivity contribution in [2.75, 3.05) is 27.3 Å². The van der Waals surface area contributed by atoms with E-state index < -0.39 is 10.0 Å². The molecule has 1 aromatic carbocycles. The molecule has 0 saturated carbocycles. The number of hydrogen-bond acceptors (Lipinski definition) is 7. The van der Waals surface area contributed by atoms with Crippen LogP contribution in [-0.2, 0) is 10.0 Å². The highest BCUT2D eigenvalue weighted by Gasteiger charge is 2.23. The quantitative estimate of drug-likeness (QED) is 0.653. The van der Waals surface area contributed by atoms with Crippen molar-refractivity contribution in [2.24, 2.45) is 0 Å². The van der Waals surface area contributed by atoms with Crippen LogP contribution in [0.15, 0.2) is 27.6 Å². The summed E-state index contributed by atoms with van der Waals surface area (Å²) in [5, 5.41) is 6.26. The van der Waals surface area contributed by atoms with Gasteiger partial charge in [-0.1, -0.05) is 5.16 Å². The minimum atomic E-state index is -3.75. The van der Waals surface area contributed by atoms with E-state index in [0.29, 0.717) is 17.1 Å². The van der Waals surface area contributed by atoms with Crippen molar-refractivity contribution in [3.05, 3.63) is 35.2 Å². The lowest BCUT2D eigenvalue weighted by Crippen LogP contribution is -2.35. The Morgan fingerprint density at radius 3 is 2.42 bits per heavy atom. The van der Waals surface area contributed by atoms with Crippen molar-refractivity contribution in [3.63, 3.8) is 0 Å². The van der Waals surface area contributed by atoms with Crippen molar-refractivity contribution in [3.8, 4) is 11.5 Å². The molecule has 10 heteroatoms. The first kappa shape index (κ1) is 19.7. The molecule has 2 N–H and O–H groups in total. The number of methoxy groups -OCH3 is 2. The van der Waals surface area contributed by atoms with E-state index in [-0.39, 0.29) is 35.3 Å². The van der Waals surface area contributed by atoms with Gasteiger partial charge in [0.1, 0.15) is 10.6 Å². The monoisotopic (exact) mass is 383 g/mol. The first-order valence-electron chi connectivity index (χ1n) is 7.73. The highest BCUT2D eigenvalue weighted by atomic mass is 32.2. The maximum atomic E-state index is 12.2. The van der Waals surface area contributed by atoms with Crippen molar-refractivity contribution < 1.29 is 27.2 Å². The normalized spacial score (nSPS) is 11.2. The fraction of sp³-hybridized carbons (Fsp3) is 0.375. The highest BCUT2D eigenvalue weighted by molar-refractivity contribution is 7.89. The van der Waals surface area contributed by atoms with Gasteiger partial charge in [0.25, 0.3) is 5.91 Å². The van der Waals surface area contributed by atoms with Crippen LogP contribution in [0.1, 0.15) is 21.8 Å². The molecular weight excluding hydrogens is 362 g/mol. The molecule has 1 heterocycles. The lowest BCUT2D eigenvalue weighted by atomic mass is 10.2. The van der Waals surface area contributed by atoms with E-state index in [1.165, 1.54) is 21.1 Å². The fourth-order valence-corrected chi connectivity index (χ4v) is 3.73. The average molecular weight is 383 g/mol. The van der Waals surface area contributed by atoms with Gasteiger partial charge in [-0.3, -0.25) is 4.79 Å². The van der Waals surface area contributed by atoms with Gasteiger partial charge in [-0.05, 0) is 32.0 Å². The lowest BCUT2D eigenvalue weighted by molar-refractivity contribution is 0.0954. The zero-order valence-electron chi connectivity index (χ0n) is 15.0. The average Bonchev–Trinajstić information content (AvgIpc) is 2.97. The third-order valence-corrected chi connectivity index (χ3v) is 5.29. The number of carbonyl (C=O) groups excluding carboxylic acids is 1. The fourth-order valence-electron chi connectivity index (χ4n) is 2.37. The molecule has 0 bridgehead atoms. The van der Waals surface area contributed by atoms with E-state index in [4.69, 9.17) is 14.0 Å². The third kappa shape index (κ3) is 4.33. The third-order valence-electron chi connectivity index (χ3n) is 3.58. The second-order valence-electron chi connectivity index (χ2n) is 5.38. The van der Waals surface area contributed by atoms with Crippen LogP contribution in [0, 0.1) is 13.8 Å². The molecule has 1 amide bonds. The van der Waals surface area contributed by atoms with Gasteiger partial charge in [0.05, 0.1) is 14.2 Å². The maximum Gasteiger partial charge on any atom is 0.251 e. The lowest BCUT2D eigenvalue weighted by Gasteiger charge is -2.10. The van der Waals surface area contributed by atoms with Crippen LogP contribution >= 0.6 is 0 Å². The predicted octanol–water partition coefficient (Wildman–Crippen LogP) is 1.02. The number of carbonyl (C=O) groups is 1. The molecule has 2 rings (SSSR count). The first-order chi connectivity index (χ1) is 12.3. The highest BCUT2D eigenvalue weighted by Crippen LogP contribution is 2.27. The second-order valence-corrected chi connectivity index (χ2v) is 7.08. The summed E-state index contributed by atoms with van der Waals surface area (Å²) in [5.74, 6) is 0.794. The largest absolute Gasteiger partial charge is 0.493 e. The van der Waals surface area contributed by atoms with Crippen LogP contribution in [0.4, 0.5) is 0 Å². The van der Waals surface area contributed by atoms with Crippen LogP contribution in [0.5, 0.6) is 11.5 Å². The van der Waals surface area contributed by atoms with Crippen molar-refractivity contribution in [1.29, 1.82) is 0 Å². The zero-order valence-corrected chi connectivity index (χ0v) is 15.8. The smallest absolute Gasteiger partial charge is 0.251 e. The second kappa shape index (κ2) is 8.19. The molecular formula is C16H21N3O6S. The van der Waals surface area contributed by atoms with E-state index in [2.05, 4.69) is 15.2 Å². The topological polar surface area (TPSA) is 120 Å². The molecule has 0 radical (unpaired) electrons. The van der Waals surface area contributed by atoms with Gasteiger partial charge < -0.3 is 19.3 Å². The molecule has 142 valence electrons. The molecule has 26 heavy (non-hydrogen) atoms. The van der Waals surface area contributed by atoms with Crippen molar-refractivity contribution >= 4 is 15.9 Å². The molecule has 2 aromatic rings. The van der Waals surface area contributed by atoms with Gasteiger partial charge in [0.15, 0.2) is 17.3 Å². The van der Waals surface area contributed by atoms with Gasteiger partial charge in [-0.25, -0.2) is 13.1 Å². The molecule has 0 fully saturated rings. The minimum absolute atomic E-state index is 0.0173. The summed E-state index contributed by atoms with van der Waals surface area (Å²) in [6.45, 7) is 3.19. The Morgan fingerprint density at radius 1 is 1.15 bits per heavy atom. The van der Waals surface area contributed by atoms with Gasteiger partial charge in [-0.15, -0.1) is 0 Å². The van der Waals surface area contributed by atoms with Gasteiger partial charge in [-0.2, -0.15) is 0 Å². The number of aryl methyl sites for hydroxylation is 2. The van der Waals surface area contributed by atoms with E-state index in [9.17, 15) is 13.2 Å². The van der Waals surface area contributed by atoms with Crippen molar-refractivity contribution in [2.45, 2.75) is 18.7 Å². The molecule has 9 nitrogen and oxygen atoms in total. The summed E-state index contributed by atoms with van der Waals surface area (Å²) in [6.07, 6.45) is 0. The number of rotatable bonds is 8.